The molecule has 2 N–H and O–H groups in total. The summed E-state index contributed by atoms with van der Waals surface area (Å²) in [6.45, 7) is 2.67. The molecule has 1 aliphatic heterocycles. The van der Waals surface area contributed by atoms with E-state index >= 15 is 0 Å². The van der Waals surface area contributed by atoms with Crippen LogP contribution in [0.4, 0.5) is 5.69 Å². The van der Waals surface area contributed by atoms with Gasteiger partial charge in [0.1, 0.15) is 0 Å². The van der Waals surface area contributed by atoms with Gasteiger partial charge < -0.3 is 10.5 Å². The van der Waals surface area contributed by atoms with Crippen molar-refractivity contribution < 1.29 is 13.2 Å². The van der Waals surface area contributed by atoms with Crippen LogP contribution in [0.1, 0.15) is 24.8 Å². The minimum Gasteiger partial charge on any atom is -0.398 e. The molecule has 0 amide bonds. The van der Waals surface area contributed by atoms with Gasteiger partial charge in [-0.2, -0.15) is 4.31 Å². The minimum atomic E-state index is -3.53. The van der Waals surface area contributed by atoms with Gasteiger partial charge in [-0.05, 0) is 59.8 Å². The van der Waals surface area contributed by atoms with Crippen LogP contribution >= 0.6 is 15.9 Å². The van der Waals surface area contributed by atoms with E-state index in [0.717, 1.165) is 23.7 Å². The molecule has 5 nitrogen and oxygen atoms in total. The molecular formula is C14H19BrN2O3S. The lowest BCUT2D eigenvalue weighted by Crippen LogP contribution is -2.51. The Balaban J connectivity index is 2.02. The Morgan fingerprint density at radius 2 is 2.14 bits per heavy atom. The third-order valence-corrected chi connectivity index (χ3v) is 7.07. The predicted molar refractivity (Wildman–Crippen MR) is 84.6 cm³/mol. The van der Waals surface area contributed by atoms with Crippen molar-refractivity contribution in [3.05, 3.63) is 22.2 Å². The Labute approximate surface area is 133 Å². The first-order valence-corrected chi connectivity index (χ1v) is 9.33. The normalized spacial score (nSPS) is 26.8. The molecule has 1 aliphatic carbocycles. The van der Waals surface area contributed by atoms with Gasteiger partial charge >= 0.3 is 0 Å². The average molecular weight is 375 g/mol. The van der Waals surface area contributed by atoms with Crippen molar-refractivity contribution in [1.29, 1.82) is 0 Å². The van der Waals surface area contributed by atoms with Crippen molar-refractivity contribution in [2.75, 3.05) is 18.9 Å². The van der Waals surface area contributed by atoms with Gasteiger partial charge in [0.15, 0.2) is 0 Å². The lowest BCUT2D eigenvalue weighted by atomic mass is 10.2. The molecule has 2 aliphatic rings. The maximum atomic E-state index is 13.0. The number of aryl methyl sites for hydroxylation is 1. The van der Waals surface area contributed by atoms with E-state index in [1.165, 1.54) is 0 Å². The number of rotatable bonds is 2. The number of anilines is 1. The summed E-state index contributed by atoms with van der Waals surface area (Å²) in [7, 11) is -3.53. The fraction of sp³-hybridized carbons (Fsp3) is 0.571. The fourth-order valence-corrected chi connectivity index (χ4v) is 5.63. The molecular weight excluding hydrogens is 356 g/mol. The quantitative estimate of drug-likeness (QED) is 0.805. The number of ether oxygens (including phenoxy) is 1. The molecule has 2 unspecified atom stereocenters. The molecule has 0 aromatic heterocycles. The minimum absolute atomic E-state index is 0.0342. The van der Waals surface area contributed by atoms with E-state index in [4.69, 9.17) is 10.5 Å². The molecule has 1 aromatic carbocycles. The number of halogens is 1. The maximum Gasteiger partial charge on any atom is 0.243 e. The van der Waals surface area contributed by atoms with Gasteiger partial charge in [0, 0.05) is 16.7 Å². The number of nitrogens with two attached hydrogens (primary N) is 1. The number of morpholine rings is 1. The molecule has 2 fully saturated rings. The highest BCUT2D eigenvalue weighted by atomic mass is 79.9. The second kappa shape index (κ2) is 5.53. The summed E-state index contributed by atoms with van der Waals surface area (Å²) in [5.74, 6) is 0. The first-order chi connectivity index (χ1) is 9.91. The zero-order valence-electron chi connectivity index (χ0n) is 11.9. The van der Waals surface area contributed by atoms with Gasteiger partial charge in [-0.25, -0.2) is 8.42 Å². The molecule has 21 heavy (non-hydrogen) atoms. The van der Waals surface area contributed by atoms with Crippen LogP contribution in [0.5, 0.6) is 0 Å². The van der Waals surface area contributed by atoms with Crippen LogP contribution < -0.4 is 5.73 Å². The van der Waals surface area contributed by atoms with E-state index in [1.54, 1.807) is 23.4 Å². The fourth-order valence-electron chi connectivity index (χ4n) is 3.26. The summed E-state index contributed by atoms with van der Waals surface area (Å²) in [5.41, 5.74) is 7.01. The van der Waals surface area contributed by atoms with Gasteiger partial charge in [0.2, 0.25) is 10.0 Å². The van der Waals surface area contributed by atoms with Crippen molar-refractivity contribution in [3.63, 3.8) is 0 Å². The monoisotopic (exact) mass is 374 g/mol. The summed E-state index contributed by atoms with van der Waals surface area (Å²) in [4.78, 5) is 0.302. The van der Waals surface area contributed by atoms with E-state index in [-0.39, 0.29) is 12.1 Å². The molecule has 2 atom stereocenters. The standard InChI is InChI=1S/C14H19BrN2O3S/c1-9-7-10(15)11(16)8-14(9)21(18,19)17-5-6-20-13-4-2-3-12(13)17/h7-8,12-13H,2-6,16H2,1H3. The van der Waals surface area contributed by atoms with E-state index < -0.39 is 10.0 Å². The maximum absolute atomic E-state index is 13.0. The van der Waals surface area contributed by atoms with E-state index in [9.17, 15) is 8.42 Å². The number of sulfonamides is 1. The van der Waals surface area contributed by atoms with Crippen LogP contribution in [0.3, 0.4) is 0 Å². The molecule has 1 saturated heterocycles. The summed E-state index contributed by atoms with van der Waals surface area (Å²) in [5, 5.41) is 0. The van der Waals surface area contributed by atoms with Crippen LogP contribution in [0.25, 0.3) is 0 Å². The number of benzene rings is 1. The highest BCUT2D eigenvalue weighted by Gasteiger charge is 2.42. The topological polar surface area (TPSA) is 72.6 Å². The smallest absolute Gasteiger partial charge is 0.243 e. The van der Waals surface area contributed by atoms with Crippen LogP contribution in [0, 0.1) is 6.92 Å². The summed E-state index contributed by atoms with van der Waals surface area (Å²) in [6.07, 6.45) is 2.87. The largest absolute Gasteiger partial charge is 0.398 e. The van der Waals surface area contributed by atoms with Crippen molar-refractivity contribution >= 4 is 31.6 Å². The van der Waals surface area contributed by atoms with Crippen LogP contribution in [0.15, 0.2) is 21.5 Å². The zero-order chi connectivity index (χ0) is 15.2. The van der Waals surface area contributed by atoms with Crippen LogP contribution in [-0.4, -0.2) is 38.0 Å². The van der Waals surface area contributed by atoms with Gasteiger partial charge in [-0.1, -0.05) is 0 Å². The van der Waals surface area contributed by atoms with E-state index in [0.29, 0.717) is 29.3 Å². The molecule has 116 valence electrons. The van der Waals surface area contributed by atoms with Gasteiger partial charge in [-0.3, -0.25) is 0 Å². The van der Waals surface area contributed by atoms with E-state index in [2.05, 4.69) is 15.9 Å². The Kier molecular flexibility index (Phi) is 4.02. The molecule has 3 rings (SSSR count). The summed E-state index contributed by atoms with van der Waals surface area (Å²) in [6, 6.07) is 3.27. The molecule has 0 radical (unpaired) electrons. The Morgan fingerprint density at radius 3 is 2.90 bits per heavy atom. The summed E-state index contributed by atoms with van der Waals surface area (Å²) < 4.78 is 34.1. The molecule has 0 bridgehead atoms. The number of hydrogen-bond acceptors (Lipinski definition) is 4. The van der Waals surface area contributed by atoms with Gasteiger partial charge in [0.05, 0.1) is 23.6 Å². The highest BCUT2D eigenvalue weighted by molar-refractivity contribution is 9.10. The third-order valence-electron chi connectivity index (χ3n) is 4.31. The third kappa shape index (κ3) is 2.60. The lowest BCUT2D eigenvalue weighted by molar-refractivity contribution is -0.0241. The van der Waals surface area contributed by atoms with Gasteiger partial charge in [-0.15, -0.1) is 0 Å². The molecule has 1 saturated carbocycles. The van der Waals surface area contributed by atoms with E-state index in [1.807, 2.05) is 0 Å². The number of nitrogen functional groups attached to an aromatic ring is 1. The van der Waals surface area contributed by atoms with Crippen molar-refractivity contribution in [2.45, 2.75) is 43.2 Å². The predicted octanol–water partition coefficient (Wildman–Crippen LogP) is 2.28. The average Bonchev–Trinajstić information content (AvgIpc) is 2.90. The lowest BCUT2D eigenvalue weighted by Gasteiger charge is -2.36. The molecule has 7 heteroatoms. The number of hydrogen-bond donors (Lipinski definition) is 1. The summed E-state index contributed by atoms with van der Waals surface area (Å²) >= 11 is 3.33. The van der Waals surface area contributed by atoms with Crippen LogP contribution in [0.2, 0.25) is 0 Å². The second-order valence-corrected chi connectivity index (χ2v) is 8.38. The second-order valence-electron chi connectivity index (χ2n) is 5.66. The first-order valence-electron chi connectivity index (χ1n) is 7.10. The Hall–Kier alpha value is -0.630. The molecule has 0 spiro atoms. The first kappa shape index (κ1) is 15.3. The highest BCUT2D eigenvalue weighted by Crippen LogP contribution is 2.35. The Morgan fingerprint density at radius 1 is 1.38 bits per heavy atom. The van der Waals surface area contributed by atoms with Crippen LogP contribution in [-0.2, 0) is 14.8 Å². The van der Waals surface area contributed by atoms with Crippen molar-refractivity contribution in [2.24, 2.45) is 0 Å². The molecule has 1 heterocycles. The number of fused-ring (bicyclic) bond motifs is 1. The SMILES string of the molecule is Cc1cc(Br)c(N)cc1S(=O)(=O)N1CCOC2CCCC21. The Bertz CT molecular complexity index is 662. The zero-order valence-corrected chi connectivity index (χ0v) is 14.3. The number of nitrogens with zero attached hydrogens (tertiary/aromatic N) is 1. The molecule has 1 aromatic rings. The van der Waals surface area contributed by atoms with Crippen molar-refractivity contribution in [3.8, 4) is 0 Å². The van der Waals surface area contributed by atoms with Crippen molar-refractivity contribution in [1.82, 2.24) is 4.31 Å². The van der Waals surface area contributed by atoms with Gasteiger partial charge in [0.25, 0.3) is 0 Å².